The number of ether oxygens (including phenoxy) is 2. The van der Waals surface area contributed by atoms with Gasteiger partial charge >= 0.3 is 0 Å². The highest BCUT2D eigenvalue weighted by Crippen LogP contribution is 2.41. The fourth-order valence-corrected chi connectivity index (χ4v) is 2.99. The number of rotatable bonds is 7. The smallest absolute Gasteiger partial charge is 0.132 e. The largest absolute Gasteiger partial charge is 0.496 e. The van der Waals surface area contributed by atoms with Crippen LogP contribution in [0, 0.1) is 0 Å². The zero-order valence-corrected chi connectivity index (χ0v) is 14.4. The standard InChI is InChI=1S/C22H23NO2/c1-24-22-19(16-25-15-14-23)12-13-20(17-8-4-2-5-9-17)21(22)18-10-6-3-7-11-18/h2-13H,14-16,23H2,1H3. The molecule has 0 aliphatic heterocycles. The molecule has 25 heavy (non-hydrogen) atoms. The van der Waals surface area contributed by atoms with Gasteiger partial charge in [-0.15, -0.1) is 0 Å². The molecule has 0 radical (unpaired) electrons. The highest BCUT2D eigenvalue weighted by Gasteiger charge is 2.17. The van der Waals surface area contributed by atoms with Crippen LogP contribution in [0.5, 0.6) is 5.75 Å². The molecular weight excluding hydrogens is 310 g/mol. The summed E-state index contributed by atoms with van der Waals surface area (Å²) in [5.41, 5.74) is 11.1. The van der Waals surface area contributed by atoms with Crippen LogP contribution in [-0.4, -0.2) is 20.3 Å². The van der Waals surface area contributed by atoms with Crippen LogP contribution in [-0.2, 0) is 11.3 Å². The second-order valence-electron chi connectivity index (χ2n) is 5.75. The van der Waals surface area contributed by atoms with Gasteiger partial charge in [-0.3, -0.25) is 0 Å². The molecular formula is C22H23NO2. The van der Waals surface area contributed by atoms with Crippen molar-refractivity contribution in [2.45, 2.75) is 6.61 Å². The van der Waals surface area contributed by atoms with Crippen molar-refractivity contribution in [2.75, 3.05) is 20.3 Å². The fraction of sp³-hybridized carbons (Fsp3) is 0.182. The Kier molecular flexibility index (Phi) is 5.83. The lowest BCUT2D eigenvalue weighted by atomic mass is 9.91. The molecule has 0 saturated heterocycles. The minimum atomic E-state index is 0.481. The van der Waals surface area contributed by atoms with E-state index in [9.17, 15) is 0 Å². The lowest BCUT2D eigenvalue weighted by molar-refractivity contribution is 0.126. The van der Waals surface area contributed by atoms with Crippen molar-refractivity contribution in [3.8, 4) is 28.0 Å². The molecule has 3 aromatic carbocycles. The van der Waals surface area contributed by atoms with E-state index in [0.717, 1.165) is 33.6 Å². The Morgan fingerprint density at radius 3 is 2.04 bits per heavy atom. The van der Waals surface area contributed by atoms with Crippen molar-refractivity contribution in [1.29, 1.82) is 0 Å². The average molecular weight is 333 g/mol. The molecule has 0 fully saturated rings. The van der Waals surface area contributed by atoms with Crippen molar-refractivity contribution >= 4 is 0 Å². The third-order valence-corrected chi connectivity index (χ3v) is 4.11. The molecule has 0 amide bonds. The van der Waals surface area contributed by atoms with E-state index in [-0.39, 0.29) is 0 Å². The minimum absolute atomic E-state index is 0.481. The quantitative estimate of drug-likeness (QED) is 0.647. The SMILES string of the molecule is COc1c(COCCN)ccc(-c2ccccc2)c1-c1ccccc1. The van der Waals surface area contributed by atoms with Crippen LogP contribution >= 0.6 is 0 Å². The van der Waals surface area contributed by atoms with Gasteiger partial charge in [-0.05, 0) is 16.7 Å². The first kappa shape index (κ1) is 17.2. The van der Waals surface area contributed by atoms with Crippen molar-refractivity contribution in [1.82, 2.24) is 0 Å². The van der Waals surface area contributed by atoms with Gasteiger partial charge in [-0.25, -0.2) is 0 Å². The van der Waals surface area contributed by atoms with E-state index in [1.165, 1.54) is 0 Å². The summed E-state index contributed by atoms with van der Waals surface area (Å²) < 4.78 is 11.5. The molecule has 0 heterocycles. The van der Waals surface area contributed by atoms with Gasteiger partial charge in [0.05, 0.1) is 20.3 Å². The molecule has 0 aliphatic carbocycles. The molecule has 3 rings (SSSR count). The van der Waals surface area contributed by atoms with Gasteiger partial charge in [-0.2, -0.15) is 0 Å². The van der Waals surface area contributed by atoms with Crippen LogP contribution in [0.4, 0.5) is 0 Å². The van der Waals surface area contributed by atoms with Crippen LogP contribution < -0.4 is 10.5 Å². The first-order valence-electron chi connectivity index (χ1n) is 8.43. The summed E-state index contributed by atoms with van der Waals surface area (Å²) in [6.45, 7) is 1.52. The zero-order chi connectivity index (χ0) is 17.5. The zero-order valence-electron chi connectivity index (χ0n) is 14.4. The van der Waals surface area contributed by atoms with Crippen molar-refractivity contribution in [3.63, 3.8) is 0 Å². The minimum Gasteiger partial charge on any atom is -0.496 e. The van der Waals surface area contributed by atoms with Gasteiger partial charge in [0.2, 0.25) is 0 Å². The Bertz CT molecular complexity index is 801. The molecule has 3 heteroatoms. The predicted molar refractivity (Wildman–Crippen MR) is 103 cm³/mol. The maximum Gasteiger partial charge on any atom is 0.132 e. The van der Waals surface area contributed by atoms with Gasteiger partial charge in [0, 0.05) is 17.7 Å². The predicted octanol–water partition coefficient (Wildman–Crippen LogP) is 4.50. The molecule has 0 saturated carbocycles. The highest BCUT2D eigenvalue weighted by atomic mass is 16.5. The van der Waals surface area contributed by atoms with E-state index in [1.54, 1.807) is 7.11 Å². The Hall–Kier alpha value is -2.62. The molecule has 0 unspecified atom stereocenters. The Morgan fingerprint density at radius 2 is 1.44 bits per heavy atom. The van der Waals surface area contributed by atoms with Crippen molar-refractivity contribution in [3.05, 3.63) is 78.4 Å². The van der Waals surface area contributed by atoms with Crippen LogP contribution in [0.25, 0.3) is 22.3 Å². The number of methoxy groups -OCH3 is 1. The van der Waals surface area contributed by atoms with E-state index < -0.39 is 0 Å². The van der Waals surface area contributed by atoms with Gasteiger partial charge in [0.15, 0.2) is 0 Å². The maximum atomic E-state index is 5.81. The third kappa shape index (κ3) is 3.90. The van der Waals surface area contributed by atoms with E-state index in [2.05, 4.69) is 48.5 Å². The summed E-state index contributed by atoms with van der Waals surface area (Å²) in [6, 6.07) is 24.9. The lowest BCUT2D eigenvalue weighted by Crippen LogP contribution is -2.09. The summed E-state index contributed by atoms with van der Waals surface area (Å²) in [4.78, 5) is 0. The molecule has 0 bridgehead atoms. The molecule has 128 valence electrons. The number of nitrogens with two attached hydrogens (primary N) is 1. The van der Waals surface area contributed by atoms with Gasteiger partial charge in [0.1, 0.15) is 5.75 Å². The third-order valence-electron chi connectivity index (χ3n) is 4.11. The molecule has 0 atom stereocenters. The monoisotopic (exact) mass is 333 g/mol. The van der Waals surface area contributed by atoms with E-state index in [1.807, 2.05) is 24.3 Å². The van der Waals surface area contributed by atoms with Crippen LogP contribution in [0.1, 0.15) is 5.56 Å². The highest BCUT2D eigenvalue weighted by molar-refractivity contribution is 5.88. The molecule has 0 aliphatic rings. The Balaban J connectivity index is 2.16. The number of benzene rings is 3. The second kappa shape index (κ2) is 8.47. The first-order valence-corrected chi connectivity index (χ1v) is 8.43. The van der Waals surface area contributed by atoms with E-state index >= 15 is 0 Å². The molecule has 3 nitrogen and oxygen atoms in total. The number of hydrogen-bond acceptors (Lipinski definition) is 3. The average Bonchev–Trinajstić information content (AvgIpc) is 2.69. The van der Waals surface area contributed by atoms with Crippen molar-refractivity contribution < 1.29 is 9.47 Å². The normalized spacial score (nSPS) is 10.6. The second-order valence-corrected chi connectivity index (χ2v) is 5.75. The Labute approximate surface area is 149 Å². The molecule has 2 N–H and O–H groups in total. The van der Waals surface area contributed by atoms with E-state index in [4.69, 9.17) is 15.2 Å². The van der Waals surface area contributed by atoms with Gasteiger partial charge in [-0.1, -0.05) is 72.8 Å². The Morgan fingerprint density at radius 1 is 0.800 bits per heavy atom. The summed E-state index contributed by atoms with van der Waals surface area (Å²) >= 11 is 0. The maximum absolute atomic E-state index is 5.81. The lowest BCUT2D eigenvalue weighted by Gasteiger charge is -2.18. The van der Waals surface area contributed by atoms with Crippen LogP contribution in [0.2, 0.25) is 0 Å². The van der Waals surface area contributed by atoms with Crippen LogP contribution in [0.15, 0.2) is 72.8 Å². The summed E-state index contributed by atoms with van der Waals surface area (Å²) in [5, 5.41) is 0. The summed E-state index contributed by atoms with van der Waals surface area (Å²) in [7, 11) is 1.71. The first-order chi connectivity index (χ1) is 12.3. The topological polar surface area (TPSA) is 44.5 Å². The van der Waals surface area contributed by atoms with E-state index in [0.29, 0.717) is 19.8 Å². The van der Waals surface area contributed by atoms with Crippen molar-refractivity contribution in [2.24, 2.45) is 5.73 Å². The summed E-state index contributed by atoms with van der Waals surface area (Å²) in [6.07, 6.45) is 0. The molecule has 0 spiro atoms. The van der Waals surface area contributed by atoms with Gasteiger partial charge < -0.3 is 15.2 Å². The molecule has 3 aromatic rings. The fourth-order valence-electron chi connectivity index (χ4n) is 2.99. The summed E-state index contributed by atoms with van der Waals surface area (Å²) in [5.74, 6) is 0.851. The molecule has 0 aromatic heterocycles. The number of hydrogen-bond donors (Lipinski definition) is 1. The van der Waals surface area contributed by atoms with Crippen LogP contribution in [0.3, 0.4) is 0 Å². The van der Waals surface area contributed by atoms with Gasteiger partial charge in [0.25, 0.3) is 0 Å².